The molecule has 0 radical (unpaired) electrons. The van der Waals surface area contributed by atoms with Gasteiger partial charge in [-0.3, -0.25) is 19.6 Å². The predicted molar refractivity (Wildman–Crippen MR) is 133 cm³/mol. The molecule has 4 rings (SSSR count). The number of amides is 1. The lowest BCUT2D eigenvalue weighted by Crippen LogP contribution is -2.14. The number of Topliss-reactive ketones (excluding diaryl/α,β-unsaturated/α-hetero) is 1. The highest BCUT2D eigenvalue weighted by Crippen LogP contribution is 2.21. The van der Waals surface area contributed by atoms with Gasteiger partial charge in [-0.15, -0.1) is 31.7 Å². The summed E-state index contributed by atoms with van der Waals surface area (Å²) in [5, 5.41) is 22.3. The van der Waals surface area contributed by atoms with Crippen LogP contribution in [0.2, 0.25) is 0 Å². The first-order valence-corrected chi connectivity index (χ1v) is 13.3. The van der Waals surface area contributed by atoms with E-state index in [1.807, 2.05) is 36.4 Å². The highest BCUT2D eigenvalue weighted by molar-refractivity contribution is 7.98. The molecule has 0 aromatic carbocycles. The monoisotopic (exact) mass is 511 g/mol. The van der Waals surface area contributed by atoms with Crippen LogP contribution in [0.5, 0.6) is 0 Å². The summed E-state index contributed by atoms with van der Waals surface area (Å²) in [6.45, 7) is 0. The molecule has 0 aliphatic rings. The Morgan fingerprint density at radius 2 is 1.50 bits per heavy atom. The highest BCUT2D eigenvalue weighted by atomic mass is 32.2. The number of pyridine rings is 2. The molecular formula is C22H21N7O2S3. The Hall–Kier alpha value is -3.09. The van der Waals surface area contributed by atoms with E-state index in [0.717, 1.165) is 38.6 Å². The number of aromatic nitrogens is 6. The molecule has 0 aliphatic carbocycles. The predicted octanol–water partition coefficient (Wildman–Crippen LogP) is 3.19. The molecule has 12 heteroatoms. The quantitative estimate of drug-likeness (QED) is 0.286. The van der Waals surface area contributed by atoms with Gasteiger partial charge >= 0.3 is 0 Å². The summed E-state index contributed by atoms with van der Waals surface area (Å²) < 4.78 is 0. The highest BCUT2D eigenvalue weighted by Gasteiger charge is 2.12. The lowest BCUT2D eigenvalue weighted by Gasteiger charge is -2.00. The zero-order chi connectivity index (χ0) is 23.6. The van der Waals surface area contributed by atoms with Crippen LogP contribution in [-0.2, 0) is 41.0 Å². The summed E-state index contributed by atoms with van der Waals surface area (Å²) in [7, 11) is 0. The normalized spacial score (nSPS) is 10.8. The molecule has 34 heavy (non-hydrogen) atoms. The van der Waals surface area contributed by atoms with E-state index in [1.54, 1.807) is 24.2 Å². The van der Waals surface area contributed by atoms with Gasteiger partial charge in [-0.1, -0.05) is 23.5 Å². The van der Waals surface area contributed by atoms with Gasteiger partial charge in [0.2, 0.25) is 11.0 Å². The standard InChI is InChI=1S/C22H21N7O2S3/c30-17(11-15-5-1-3-8-23-15)13-20-27-28-21(33-20)14-32-10-7-19-26-29-22(34-19)25-18(31)12-16-6-2-4-9-24-16/h1-6,8-9H,7,10-14H2,(H,25,29,31). The first kappa shape index (κ1) is 24.0. The molecule has 4 aromatic heterocycles. The molecule has 0 saturated carbocycles. The molecule has 174 valence electrons. The third-order valence-electron chi connectivity index (χ3n) is 4.43. The Labute approximate surface area is 208 Å². The van der Waals surface area contributed by atoms with Crippen LogP contribution >= 0.6 is 34.4 Å². The van der Waals surface area contributed by atoms with E-state index in [9.17, 15) is 9.59 Å². The van der Waals surface area contributed by atoms with Gasteiger partial charge in [-0.2, -0.15) is 11.8 Å². The molecule has 0 spiro atoms. The second-order valence-corrected chi connectivity index (χ2v) is 10.5. The average molecular weight is 512 g/mol. The number of carbonyl (C=O) groups excluding carboxylic acids is 2. The fraction of sp³-hybridized carbons (Fsp3) is 0.273. The molecule has 0 bridgehead atoms. The van der Waals surface area contributed by atoms with Crippen molar-refractivity contribution in [1.29, 1.82) is 0 Å². The van der Waals surface area contributed by atoms with E-state index in [2.05, 4.69) is 35.7 Å². The zero-order valence-electron chi connectivity index (χ0n) is 18.1. The molecule has 4 heterocycles. The van der Waals surface area contributed by atoms with Crippen molar-refractivity contribution in [2.24, 2.45) is 0 Å². The van der Waals surface area contributed by atoms with Crippen LogP contribution in [0.3, 0.4) is 0 Å². The molecule has 0 unspecified atom stereocenters. The van der Waals surface area contributed by atoms with E-state index in [1.165, 1.54) is 22.7 Å². The van der Waals surface area contributed by atoms with Gasteiger partial charge in [0, 0.05) is 48.1 Å². The molecule has 4 aromatic rings. The van der Waals surface area contributed by atoms with E-state index >= 15 is 0 Å². The van der Waals surface area contributed by atoms with Gasteiger partial charge in [0.25, 0.3) is 0 Å². The molecule has 0 atom stereocenters. The minimum Gasteiger partial charge on any atom is -0.300 e. The summed E-state index contributed by atoms with van der Waals surface area (Å²) in [6, 6.07) is 11.0. The number of hydrogen-bond acceptors (Lipinski definition) is 11. The Bertz CT molecular complexity index is 1120. The maximum absolute atomic E-state index is 12.2. The number of anilines is 1. The van der Waals surface area contributed by atoms with Crippen LogP contribution < -0.4 is 5.32 Å². The third kappa shape index (κ3) is 7.75. The number of rotatable bonds is 12. The largest absolute Gasteiger partial charge is 0.300 e. The lowest BCUT2D eigenvalue weighted by atomic mass is 10.1. The van der Waals surface area contributed by atoms with Gasteiger partial charge in [0.05, 0.1) is 12.8 Å². The first-order valence-electron chi connectivity index (χ1n) is 10.5. The summed E-state index contributed by atoms with van der Waals surface area (Å²) in [6.07, 6.45) is 4.87. The van der Waals surface area contributed by atoms with Crippen molar-refractivity contribution in [2.75, 3.05) is 11.1 Å². The molecule has 0 aliphatic heterocycles. The topological polar surface area (TPSA) is 124 Å². The molecule has 1 amide bonds. The summed E-state index contributed by atoms with van der Waals surface area (Å²) >= 11 is 4.56. The number of hydrogen-bond donors (Lipinski definition) is 1. The number of thioether (sulfide) groups is 1. The van der Waals surface area contributed by atoms with Gasteiger partial charge in [0.1, 0.15) is 20.8 Å². The van der Waals surface area contributed by atoms with Gasteiger partial charge in [0.15, 0.2) is 0 Å². The van der Waals surface area contributed by atoms with Crippen LogP contribution in [0.15, 0.2) is 48.8 Å². The molecule has 1 N–H and O–H groups in total. The van der Waals surface area contributed by atoms with Crippen LogP contribution in [0, 0.1) is 0 Å². The maximum atomic E-state index is 12.2. The van der Waals surface area contributed by atoms with Crippen LogP contribution in [0.1, 0.15) is 26.4 Å². The SMILES string of the molecule is O=C(Cc1ccccn1)Cc1nnc(CSCCc2nnc(NC(=O)Cc3ccccn3)s2)s1. The number of ketones is 1. The van der Waals surface area contributed by atoms with Gasteiger partial charge in [-0.25, -0.2) is 0 Å². The van der Waals surface area contributed by atoms with Crippen LogP contribution in [-0.4, -0.2) is 47.8 Å². The second-order valence-electron chi connectivity index (χ2n) is 7.15. The molecular weight excluding hydrogens is 490 g/mol. The Morgan fingerprint density at radius 1 is 0.794 bits per heavy atom. The number of aryl methyl sites for hydroxylation is 1. The van der Waals surface area contributed by atoms with Crippen molar-refractivity contribution in [1.82, 2.24) is 30.4 Å². The second kappa shape index (κ2) is 12.4. The van der Waals surface area contributed by atoms with Crippen molar-refractivity contribution in [3.05, 3.63) is 75.2 Å². The fourth-order valence-corrected chi connectivity index (χ4v) is 5.66. The fourth-order valence-electron chi connectivity index (χ4n) is 2.91. The van der Waals surface area contributed by atoms with E-state index < -0.39 is 0 Å². The summed E-state index contributed by atoms with van der Waals surface area (Å²) in [5.41, 5.74) is 1.47. The Kier molecular flexibility index (Phi) is 8.77. The number of nitrogens with one attached hydrogen (secondary N) is 1. The lowest BCUT2D eigenvalue weighted by molar-refractivity contribution is -0.118. The van der Waals surface area contributed by atoms with Crippen molar-refractivity contribution in [3.8, 4) is 0 Å². The van der Waals surface area contributed by atoms with E-state index in [0.29, 0.717) is 17.2 Å². The van der Waals surface area contributed by atoms with Crippen molar-refractivity contribution in [3.63, 3.8) is 0 Å². The van der Waals surface area contributed by atoms with Crippen LogP contribution in [0.25, 0.3) is 0 Å². The molecule has 9 nitrogen and oxygen atoms in total. The van der Waals surface area contributed by atoms with Crippen LogP contribution in [0.4, 0.5) is 5.13 Å². The van der Waals surface area contributed by atoms with E-state index in [-0.39, 0.29) is 24.5 Å². The first-order chi connectivity index (χ1) is 16.6. The summed E-state index contributed by atoms with van der Waals surface area (Å²) in [5.74, 6) is 1.47. The van der Waals surface area contributed by atoms with Crippen molar-refractivity contribution in [2.45, 2.75) is 31.4 Å². The minimum absolute atomic E-state index is 0.0771. The zero-order valence-corrected chi connectivity index (χ0v) is 20.5. The number of nitrogens with zero attached hydrogens (tertiary/aromatic N) is 6. The Morgan fingerprint density at radius 3 is 2.24 bits per heavy atom. The summed E-state index contributed by atoms with van der Waals surface area (Å²) in [4.78, 5) is 32.7. The minimum atomic E-state index is -0.165. The van der Waals surface area contributed by atoms with E-state index in [4.69, 9.17) is 0 Å². The Balaban J connectivity index is 1.15. The maximum Gasteiger partial charge on any atom is 0.232 e. The van der Waals surface area contributed by atoms with Crippen molar-refractivity contribution >= 4 is 51.3 Å². The van der Waals surface area contributed by atoms with Gasteiger partial charge in [-0.05, 0) is 24.3 Å². The third-order valence-corrected chi connectivity index (χ3v) is 7.40. The smallest absolute Gasteiger partial charge is 0.232 e. The number of carbonyl (C=O) groups is 2. The average Bonchev–Trinajstić information content (AvgIpc) is 3.47. The molecule has 0 saturated heterocycles. The molecule has 0 fully saturated rings. The van der Waals surface area contributed by atoms with Gasteiger partial charge < -0.3 is 5.32 Å². The van der Waals surface area contributed by atoms with Crippen molar-refractivity contribution < 1.29 is 9.59 Å².